The van der Waals surface area contributed by atoms with Crippen molar-refractivity contribution >= 4 is 6.29 Å². The van der Waals surface area contributed by atoms with Gasteiger partial charge in [-0.25, -0.2) is 4.39 Å². The highest BCUT2D eigenvalue weighted by Crippen LogP contribution is 2.08. The van der Waals surface area contributed by atoms with E-state index in [1.165, 1.54) is 24.3 Å². The van der Waals surface area contributed by atoms with Crippen LogP contribution in [0.25, 0.3) is 0 Å². The zero-order chi connectivity index (χ0) is 8.27. The Hall–Kier alpha value is -1.22. The van der Waals surface area contributed by atoms with E-state index < -0.39 is 6.04 Å². The lowest BCUT2D eigenvalue weighted by Gasteiger charge is -2.01. The third-order valence-corrected chi connectivity index (χ3v) is 1.40. The number of halogens is 1. The molecular formula is C8H8FNO. The molecule has 1 aromatic carbocycles. The molecule has 1 rings (SSSR count). The Kier molecular flexibility index (Phi) is 2.33. The van der Waals surface area contributed by atoms with Crippen LogP contribution in [-0.2, 0) is 4.79 Å². The van der Waals surface area contributed by atoms with Gasteiger partial charge in [0.2, 0.25) is 0 Å². The fourth-order valence-corrected chi connectivity index (χ4v) is 0.764. The van der Waals surface area contributed by atoms with Crippen LogP contribution in [0.2, 0.25) is 0 Å². The first-order chi connectivity index (χ1) is 5.24. The number of carbonyl (C=O) groups excluding carboxylic acids is 1. The fraction of sp³-hybridized carbons (Fsp3) is 0.125. The molecule has 3 heteroatoms. The molecule has 2 nitrogen and oxygen atoms in total. The van der Waals surface area contributed by atoms with E-state index in [1.807, 2.05) is 0 Å². The molecule has 0 saturated carbocycles. The molecule has 0 aliphatic heterocycles. The second-order valence-corrected chi connectivity index (χ2v) is 2.21. The Morgan fingerprint density at radius 2 is 1.91 bits per heavy atom. The van der Waals surface area contributed by atoms with E-state index in [1.54, 1.807) is 0 Å². The summed E-state index contributed by atoms with van der Waals surface area (Å²) in [4.78, 5) is 10.2. The first-order valence-corrected chi connectivity index (χ1v) is 3.20. The van der Waals surface area contributed by atoms with E-state index >= 15 is 0 Å². The summed E-state index contributed by atoms with van der Waals surface area (Å²) in [6.45, 7) is 0. The van der Waals surface area contributed by atoms with Crippen LogP contribution in [-0.4, -0.2) is 6.29 Å². The zero-order valence-electron chi connectivity index (χ0n) is 5.83. The molecule has 11 heavy (non-hydrogen) atoms. The molecule has 0 spiro atoms. The summed E-state index contributed by atoms with van der Waals surface area (Å²) in [7, 11) is 0. The van der Waals surface area contributed by atoms with Crippen molar-refractivity contribution < 1.29 is 9.18 Å². The summed E-state index contributed by atoms with van der Waals surface area (Å²) in [6, 6.07) is 4.90. The van der Waals surface area contributed by atoms with Crippen molar-refractivity contribution in [2.45, 2.75) is 6.04 Å². The summed E-state index contributed by atoms with van der Waals surface area (Å²) in [5.74, 6) is -0.327. The van der Waals surface area contributed by atoms with Gasteiger partial charge in [-0.05, 0) is 17.7 Å². The maximum Gasteiger partial charge on any atom is 0.141 e. The Bertz CT molecular complexity index is 245. The van der Waals surface area contributed by atoms with Crippen molar-refractivity contribution in [3.05, 3.63) is 35.6 Å². The number of aldehydes is 1. The summed E-state index contributed by atoms with van der Waals surface area (Å²) in [5, 5.41) is 0. The minimum Gasteiger partial charge on any atom is -0.318 e. The fourth-order valence-electron chi connectivity index (χ4n) is 0.764. The van der Waals surface area contributed by atoms with Crippen LogP contribution in [0.5, 0.6) is 0 Å². The molecule has 0 fully saturated rings. The maximum atomic E-state index is 12.3. The number of nitrogens with two attached hydrogens (primary N) is 1. The molecule has 1 aromatic rings. The van der Waals surface area contributed by atoms with Crippen molar-refractivity contribution in [1.29, 1.82) is 0 Å². The molecule has 0 radical (unpaired) electrons. The SMILES string of the molecule is N[C@H](C=O)c1ccc(F)cc1. The molecule has 2 N–H and O–H groups in total. The quantitative estimate of drug-likeness (QED) is 0.644. The van der Waals surface area contributed by atoms with Crippen LogP contribution in [0.4, 0.5) is 4.39 Å². The number of carbonyl (C=O) groups is 1. The minimum absolute atomic E-state index is 0.327. The van der Waals surface area contributed by atoms with E-state index in [0.29, 0.717) is 11.8 Å². The van der Waals surface area contributed by atoms with Gasteiger partial charge in [0.25, 0.3) is 0 Å². The van der Waals surface area contributed by atoms with Crippen LogP contribution in [0, 0.1) is 5.82 Å². The molecule has 0 heterocycles. The molecule has 0 amide bonds. The molecule has 1 atom stereocenters. The molecule has 0 aliphatic carbocycles. The largest absolute Gasteiger partial charge is 0.318 e. The predicted octanol–water partition coefficient (Wildman–Crippen LogP) is 1.02. The number of benzene rings is 1. The third kappa shape index (κ3) is 1.85. The lowest BCUT2D eigenvalue weighted by Crippen LogP contribution is -2.10. The predicted molar refractivity (Wildman–Crippen MR) is 39.4 cm³/mol. The lowest BCUT2D eigenvalue weighted by molar-refractivity contribution is -0.109. The van der Waals surface area contributed by atoms with Gasteiger partial charge in [0.1, 0.15) is 12.1 Å². The van der Waals surface area contributed by atoms with Gasteiger partial charge in [-0.3, -0.25) is 0 Å². The topological polar surface area (TPSA) is 43.1 Å². The smallest absolute Gasteiger partial charge is 0.141 e. The van der Waals surface area contributed by atoms with Crippen molar-refractivity contribution in [3.63, 3.8) is 0 Å². The van der Waals surface area contributed by atoms with Crippen LogP contribution >= 0.6 is 0 Å². The van der Waals surface area contributed by atoms with Gasteiger partial charge in [-0.1, -0.05) is 12.1 Å². The van der Waals surface area contributed by atoms with E-state index in [4.69, 9.17) is 5.73 Å². The van der Waals surface area contributed by atoms with Gasteiger partial charge in [-0.2, -0.15) is 0 Å². The molecular weight excluding hydrogens is 145 g/mol. The minimum atomic E-state index is -0.643. The van der Waals surface area contributed by atoms with Crippen LogP contribution in [0.15, 0.2) is 24.3 Å². The Balaban J connectivity index is 2.89. The second kappa shape index (κ2) is 3.25. The van der Waals surface area contributed by atoms with Crippen LogP contribution in [0.1, 0.15) is 11.6 Å². The maximum absolute atomic E-state index is 12.3. The van der Waals surface area contributed by atoms with Gasteiger partial charge in [0.15, 0.2) is 0 Å². The van der Waals surface area contributed by atoms with E-state index in [0.717, 1.165) is 0 Å². The second-order valence-electron chi connectivity index (χ2n) is 2.21. The Morgan fingerprint density at radius 3 is 2.36 bits per heavy atom. The van der Waals surface area contributed by atoms with Crippen LogP contribution in [0.3, 0.4) is 0 Å². The highest BCUT2D eigenvalue weighted by Gasteiger charge is 2.02. The Labute approximate surface area is 63.8 Å². The molecule has 0 unspecified atom stereocenters. The Morgan fingerprint density at radius 1 is 1.36 bits per heavy atom. The van der Waals surface area contributed by atoms with Gasteiger partial charge in [0.05, 0.1) is 6.04 Å². The highest BCUT2D eigenvalue weighted by molar-refractivity contribution is 5.60. The van der Waals surface area contributed by atoms with Crippen molar-refractivity contribution in [3.8, 4) is 0 Å². The molecule has 0 saturated heterocycles. The average molecular weight is 153 g/mol. The number of hydrogen-bond acceptors (Lipinski definition) is 2. The van der Waals surface area contributed by atoms with E-state index in [-0.39, 0.29) is 5.82 Å². The lowest BCUT2D eigenvalue weighted by atomic mass is 10.1. The summed E-state index contributed by atoms with van der Waals surface area (Å²) in [6.07, 6.45) is 0.618. The van der Waals surface area contributed by atoms with Gasteiger partial charge >= 0.3 is 0 Å². The highest BCUT2D eigenvalue weighted by atomic mass is 19.1. The average Bonchev–Trinajstić information content (AvgIpc) is 2.05. The van der Waals surface area contributed by atoms with Crippen molar-refractivity contribution in [2.75, 3.05) is 0 Å². The van der Waals surface area contributed by atoms with E-state index in [2.05, 4.69) is 0 Å². The van der Waals surface area contributed by atoms with Crippen LogP contribution < -0.4 is 5.73 Å². The van der Waals surface area contributed by atoms with Crippen molar-refractivity contribution in [1.82, 2.24) is 0 Å². The third-order valence-electron chi connectivity index (χ3n) is 1.40. The summed E-state index contributed by atoms with van der Waals surface area (Å²) in [5.41, 5.74) is 5.98. The molecule has 58 valence electrons. The van der Waals surface area contributed by atoms with E-state index in [9.17, 15) is 9.18 Å². The van der Waals surface area contributed by atoms with Gasteiger partial charge in [0, 0.05) is 0 Å². The first kappa shape index (κ1) is 7.88. The molecule has 0 aromatic heterocycles. The zero-order valence-corrected chi connectivity index (χ0v) is 5.83. The molecule has 0 aliphatic rings. The van der Waals surface area contributed by atoms with Crippen molar-refractivity contribution in [2.24, 2.45) is 5.73 Å². The summed E-state index contributed by atoms with van der Waals surface area (Å²) >= 11 is 0. The standard InChI is InChI=1S/C8H8FNO/c9-7-3-1-6(2-4-7)8(10)5-11/h1-5,8H,10H2/t8-/m1/s1. The molecule has 0 bridgehead atoms. The van der Waals surface area contributed by atoms with Gasteiger partial charge in [-0.15, -0.1) is 0 Å². The normalized spacial score (nSPS) is 12.5. The monoisotopic (exact) mass is 153 g/mol. The number of rotatable bonds is 2. The van der Waals surface area contributed by atoms with Gasteiger partial charge < -0.3 is 10.5 Å². The summed E-state index contributed by atoms with van der Waals surface area (Å²) < 4.78 is 12.3. The number of hydrogen-bond donors (Lipinski definition) is 1. The first-order valence-electron chi connectivity index (χ1n) is 3.20.